The van der Waals surface area contributed by atoms with Crippen LogP contribution >= 0.6 is 0 Å². The van der Waals surface area contributed by atoms with Gasteiger partial charge in [-0.1, -0.05) is 78.9 Å². The van der Waals surface area contributed by atoms with Gasteiger partial charge in [-0.2, -0.15) is 0 Å². The van der Waals surface area contributed by atoms with Gasteiger partial charge in [0.25, 0.3) is 5.69 Å². The van der Waals surface area contributed by atoms with Crippen molar-refractivity contribution in [3.05, 3.63) is 154 Å². The lowest BCUT2D eigenvalue weighted by Gasteiger charge is -2.39. The Morgan fingerprint density at radius 1 is 0.577 bits per heavy atom. The number of rotatable bonds is 6. The normalized spacial score (nSPS) is 24.9. The Morgan fingerprint density at radius 3 is 1.54 bits per heavy atom. The molecule has 2 bridgehead atoms. The Morgan fingerprint density at radius 2 is 1.06 bits per heavy atom. The van der Waals surface area contributed by atoms with Crippen LogP contribution in [0.15, 0.2) is 121 Å². The number of ether oxygens (including phenoxy) is 4. The Kier molecular flexibility index (Phi) is 6.15. The minimum Gasteiger partial charge on any atom is -0.454 e. The summed E-state index contributed by atoms with van der Waals surface area (Å²) in [6.07, 6.45) is 0. The molecular weight excluding hydrogens is 664 g/mol. The number of anilines is 1. The largest absolute Gasteiger partial charge is 0.454 e. The summed E-state index contributed by atoms with van der Waals surface area (Å²) in [6.45, 7) is 0.0544. The molecule has 2 aliphatic carbocycles. The van der Waals surface area contributed by atoms with E-state index in [0.717, 1.165) is 4.90 Å². The third-order valence-electron chi connectivity index (χ3n) is 11.1. The average Bonchev–Trinajstić information content (AvgIpc) is 3.98. The molecule has 0 N–H and O–H groups in total. The topological polar surface area (TPSA) is 135 Å². The van der Waals surface area contributed by atoms with Crippen LogP contribution in [0, 0.1) is 22.0 Å². The number of carbonyl (C=O) groups excluding carboxylic acids is 3. The number of nitro benzene ring substituents is 1. The second-order valence-electron chi connectivity index (χ2n) is 13.3. The predicted molar refractivity (Wildman–Crippen MR) is 186 cm³/mol. The van der Waals surface area contributed by atoms with E-state index in [1.54, 1.807) is 12.1 Å². The number of amides is 2. The SMILES string of the molecule is O=C1[C@H]2[C@H](C(=O)N1c1cccc([N+](=O)[O-])c1)[C@@]1(c3ccccc3)C(=O)[C@@]2(c2ccccc2)C(c2ccc3c(c2)OCO3)=C1c1ccc2c(c1)OCO2. The summed E-state index contributed by atoms with van der Waals surface area (Å²) in [7, 11) is 0. The van der Waals surface area contributed by atoms with Gasteiger partial charge in [-0.25, -0.2) is 4.90 Å². The summed E-state index contributed by atoms with van der Waals surface area (Å²) < 4.78 is 23.0. The number of ketones is 1. The predicted octanol–water partition coefficient (Wildman–Crippen LogP) is 6.24. The molecule has 2 amide bonds. The highest BCUT2D eigenvalue weighted by Gasteiger charge is 2.82. The molecule has 0 aromatic heterocycles. The molecule has 10 rings (SSSR count). The third kappa shape index (κ3) is 3.66. The highest BCUT2D eigenvalue weighted by molar-refractivity contribution is 6.39. The molecule has 52 heavy (non-hydrogen) atoms. The number of imide groups is 1. The molecule has 3 aliphatic heterocycles. The zero-order chi connectivity index (χ0) is 35.4. The Bertz CT molecular complexity index is 2310. The molecule has 0 unspecified atom stereocenters. The number of allylic oxidation sites excluding steroid dienone is 2. The number of Topliss-reactive ketones (excluding diaryl/α,β-unsaturated/α-hetero) is 1. The number of fused-ring (bicyclic) bond motifs is 7. The van der Waals surface area contributed by atoms with Crippen LogP contribution < -0.4 is 23.8 Å². The number of benzene rings is 5. The van der Waals surface area contributed by atoms with Gasteiger partial charge in [0.1, 0.15) is 0 Å². The maximum atomic E-state index is 16.2. The van der Waals surface area contributed by atoms with Crippen molar-refractivity contribution in [1.29, 1.82) is 0 Å². The summed E-state index contributed by atoms with van der Waals surface area (Å²) in [5.74, 6) is -1.94. The molecule has 254 valence electrons. The molecule has 1 saturated carbocycles. The summed E-state index contributed by atoms with van der Waals surface area (Å²) in [4.78, 5) is 58.9. The third-order valence-corrected chi connectivity index (χ3v) is 11.1. The van der Waals surface area contributed by atoms with Gasteiger partial charge >= 0.3 is 0 Å². The van der Waals surface area contributed by atoms with E-state index < -0.39 is 39.4 Å². The molecule has 4 atom stereocenters. The van der Waals surface area contributed by atoms with E-state index >= 15 is 14.4 Å². The van der Waals surface area contributed by atoms with Gasteiger partial charge in [-0.15, -0.1) is 0 Å². The van der Waals surface area contributed by atoms with Crippen molar-refractivity contribution < 1.29 is 38.3 Å². The molecule has 11 heteroatoms. The van der Waals surface area contributed by atoms with Crippen LogP contribution in [0.1, 0.15) is 22.3 Å². The lowest BCUT2D eigenvalue weighted by atomic mass is 9.59. The number of carbonyl (C=O) groups is 3. The molecule has 0 spiro atoms. The van der Waals surface area contributed by atoms with Gasteiger partial charge < -0.3 is 18.9 Å². The minimum absolute atomic E-state index is 0.0272. The van der Waals surface area contributed by atoms with E-state index in [2.05, 4.69) is 0 Å². The molecule has 3 heterocycles. The van der Waals surface area contributed by atoms with Gasteiger partial charge in [0.2, 0.25) is 25.4 Å². The molecule has 1 saturated heterocycles. The van der Waals surface area contributed by atoms with Crippen molar-refractivity contribution in [3.63, 3.8) is 0 Å². The second kappa shape index (κ2) is 10.6. The fourth-order valence-electron chi connectivity index (χ4n) is 9.23. The van der Waals surface area contributed by atoms with Crippen LogP contribution in [0.4, 0.5) is 11.4 Å². The Labute approximate surface area is 295 Å². The maximum absolute atomic E-state index is 16.2. The summed E-state index contributed by atoms with van der Waals surface area (Å²) in [5.41, 5.74) is -0.195. The fraction of sp³-hybridized carbons (Fsp3) is 0.146. The number of hydrogen-bond acceptors (Lipinski definition) is 9. The first-order valence-corrected chi connectivity index (χ1v) is 16.7. The van der Waals surface area contributed by atoms with Crippen LogP contribution in [0.3, 0.4) is 0 Å². The van der Waals surface area contributed by atoms with Crippen LogP contribution in [0.2, 0.25) is 0 Å². The zero-order valence-electron chi connectivity index (χ0n) is 27.2. The molecule has 0 radical (unpaired) electrons. The lowest BCUT2D eigenvalue weighted by Crippen LogP contribution is -2.45. The van der Waals surface area contributed by atoms with Gasteiger partial charge in [-0.3, -0.25) is 24.5 Å². The van der Waals surface area contributed by atoms with Gasteiger partial charge in [0, 0.05) is 12.1 Å². The first-order valence-electron chi connectivity index (χ1n) is 16.7. The smallest absolute Gasteiger partial charge is 0.271 e. The van der Waals surface area contributed by atoms with Crippen molar-refractivity contribution in [2.24, 2.45) is 11.8 Å². The maximum Gasteiger partial charge on any atom is 0.271 e. The number of nitro groups is 1. The molecular formula is C41H26N2O9. The van der Waals surface area contributed by atoms with E-state index in [0.29, 0.717) is 56.4 Å². The van der Waals surface area contributed by atoms with Gasteiger partial charge in [0.05, 0.1) is 33.3 Å². The number of non-ortho nitro benzene ring substituents is 1. The van der Waals surface area contributed by atoms with E-state index in [4.69, 9.17) is 18.9 Å². The fourth-order valence-corrected chi connectivity index (χ4v) is 9.23. The molecule has 5 aromatic rings. The average molecular weight is 691 g/mol. The standard InChI is InChI=1S/C41H26N2O9/c44-37-35-36(38(45)42(37)27-12-7-13-28(20-27)43(47)48)41(26-10-5-2-6-11-26)34(24-15-17-30-32(19-24)52-22-50-30)33(23-14-16-29-31(18-23)51-21-49-29)40(35,39(41)46)25-8-3-1-4-9-25/h1-20,35-36H,21-22H2/t35-,36-,40+,41+/m1/s1. The lowest BCUT2D eigenvalue weighted by molar-refractivity contribution is -0.384. The van der Waals surface area contributed by atoms with Crippen LogP contribution in [0.25, 0.3) is 11.1 Å². The minimum atomic E-state index is -1.69. The van der Waals surface area contributed by atoms with E-state index in [1.165, 1.54) is 24.3 Å². The summed E-state index contributed by atoms with van der Waals surface area (Å²) in [6, 6.07) is 34.5. The van der Waals surface area contributed by atoms with E-state index in [-0.39, 0.29) is 30.7 Å². The van der Waals surface area contributed by atoms with E-state index in [9.17, 15) is 10.1 Å². The quantitative estimate of drug-likeness (QED) is 0.115. The van der Waals surface area contributed by atoms with Crippen molar-refractivity contribution in [2.45, 2.75) is 10.8 Å². The van der Waals surface area contributed by atoms with E-state index in [1.807, 2.05) is 84.9 Å². The Hall–Kier alpha value is -6.75. The summed E-state index contributed by atoms with van der Waals surface area (Å²) >= 11 is 0. The molecule has 5 aromatic carbocycles. The van der Waals surface area contributed by atoms with Crippen molar-refractivity contribution in [2.75, 3.05) is 18.5 Å². The van der Waals surface area contributed by atoms with Gasteiger partial charge in [0.15, 0.2) is 28.8 Å². The monoisotopic (exact) mass is 690 g/mol. The van der Waals surface area contributed by atoms with Crippen molar-refractivity contribution in [3.8, 4) is 23.0 Å². The number of hydrogen-bond donors (Lipinski definition) is 0. The molecule has 5 aliphatic rings. The number of nitrogens with zero attached hydrogens (tertiary/aromatic N) is 2. The highest BCUT2D eigenvalue weighted by Crippen LogP contribution is 2.74. The molecule has 2 fully saturated rings. The second-order valence-corrected chi connectivity index (χ2v) is 13.3. The zero-order valence-corrected chi connectivity index (χ0v) is 27.2. The van der Waals surface area contributed by atoms with Crippen molar-refractivity contribution >= 4 is 40.1 Å². The highest BCUT2D eigenvalue weighted by atomic mass is 16.7. The summed E-state index contributed by atoms with van der Waals surface area (Å²) in [5, 5.41) is 11.8. The van der Waals surface area contributed by atoms with Gasteiger partial charge in [-0.05, 0) is 63.7 Å². The first-order chi connectivity index (χ1) is 25.4. The Balaban J connectivity index is 1.35. The van der Waals surface area contributed by atoms with Crippen LogP contribution in [-0.2, 0) is 25.2 Å². The first kappa shape index (κ1) is 30.1. The van der Waals surface area contributed by atoms with Crippen molar-refractivity contribution in [1.82, 2.24) is 0 Å². The van der Waals surface area contributed by atoms with Crippen LogP contribution in [0.5, 0.6) is 23.0 Å². The molecule has 11 nitrogen and oxygen atoms in total. The van der Waals surface area contributed by atoms with Crippen LogP contribution in [-0.4, -0.2) is 36.1 Å².